The maximum Gasteiger partial charge on any atom is 0.263 e. The van der Waals surface area contributed by atoms with Crippen LogP contribution in [0.4, 0.5) is 5.69 Å². The molecule has 2 fully saturated rings. The molecule has 6 nitrogen and oxygen atoms in total. The lowest BCUT2D eigenvalue weighted by atomic mass is 10.1. The fourth-order valence-corrected chi connectivity index (χ4v) is 6.14. The van der Waals surface area contributed by atoms with Crippen LogP contribution in [-0.4, -0.2) is 56.3 Å². The molecule has 2 aliphatic rings. The van der Waals surface area contributed by atoms with E-state index in [4.69, 9.17) is 23.2 Å². The third-order valence-electron chi connectivity index (χ3n) is 6.01. The zero-order chi connectivity index (χ0) is 22.0. The summed E-state index contributed by atoms with van der Waals surface area (Å²) in [6.45, 7) is 3.26. The van der Waals surface area contributed by atoms with E-state index in [9.17, 15) is 13.2 Å². The summed E-state index contributed by atoms with van der Waals surface area (Å²) in [5.74, 6) is -0.0293. The fraction of sp³-hybridized carbons (Fsp3) is 0.409. The minimum Gasteiger partial charge on any atom is -0.336 e. The second kappa shape index (κ2) is 9.36. The molecule has 0 aromatic heterocycles. The van der Waals surface area contributed by atoms with E-state index < -0.39 is 10.0 Å². The van der Waals surface area contributed by atoms with E-state index in [1.54, 1.807) is 24.3 Å². The summed E-state index contributed by atoms with van der Waals surface area (Å²) < 4.78 is 27.8. The molecule has 1 amide bonds. The third kappa shape index (κ3) is 5.17. The van der Waals surface area contributed by atoms with Crippen molar-refractivity contribution >= 4 is 44.8 Å². The molecule has 0 unspecified atom stereocenters. The number of sulfonamides is 1. The normalized spacial score (nSPS) is 18.3. The third-order valence-corrected chi connectivity index (χ3v) is 8.11. The molecule has 1 heterocycles. The van der Waals surface area contributed by atoms with Gasteiger partial charge in [0.15, 0.2) is 0 Å². The molecule has 1 saturated carbocycles. The quantitative estimate of drug-likeness (QED) is 0.682. The Balaban J connectivity index is 1.39. The van der Waals surface area contributed by atoms with Crippen LogP contribution in [0.1, 0.15) is 36.0 Å². The topological polar surface area (TPSA) is 69.7 Å². The van der Waals surface area contributed by atoms with Crippen molar-refractivity contribution in [1.82, 2.24) is 9.80 Å². The average Bonchev–Trinajstić information content (AvgIpc) is 3.30. The minimum absolute atomic E-state index is 0.0293. The van der Waals surface area contributed by atoms with Crippen molar-refractivity contribution in [2.45, 2.75) is 36.6 Å². The zero-order valence-corrected chi connectivity index (χ0v) is 19.4. The fourth-order valence-electron chi connectivity index (χ4n) is 4.32. The van der Waals surface area contributed by atoms with Crippen molar-refractivity contribution in [3.8, 4) is 0 Å². The molecule has 0 radical (unpaired) electrons. The number of carbonyl (C=O) groups excluding carboxylic acids is 1. The van der Waals surface area contributed by atoms with Crippen LogP contribution in [-0.2, 0) is 10.0 Å². The van der Waals surface area contributed by atoms with Gasteiger partial charge in [0.05, 0.1) is 5.02 Å². The SMILES string of the molecule is O=C(c1ccc(NS(=O)(=O)c2cc(Cl)ccc2Cl)cc1)N1CCN(C2CCCC2)CC1. The van der Waals surface area contributed by atoms with E-state index in [0.717, 1.165) is 26.2 Å². The lowest BCUT2D eigenvalue weighted by Gasteiger charge is -2.38. The Morgan fingerprint density at radius 1 is 0.935 bits per heavy atom. The minimum atomic E-state index is -3.90. The van der Waals surface area contributed by atoms with Crippen molar-refractivity contribution < 1.29 is 13.2 Å². The Morgan fingerprint density at radius 3 is 2.23 bits per heavy atom. The Bertz CT molecular complexity index is 1050. The monoisotopic (exact) mass is 481 g/mol. The van der Waals surface area contributed by atoms with Gasteiger partial charge in [-0.25, -0.2) is 8.42 Å². The van der Waals surface area contributed by atoms with Crippen LogP contribution < -0.4 is 4.72 Å². The molecule has 1 aliphatic heterocycles. The number of carbonyl (C=O) groups is 1. The first kappa shape index (κ1) is 22.4. The lowest BCUT2D eigenvalue weighted by molar-refractivity contribution is 0.0573. The highest BCUT2D eigenvalue weighted by Crippen LogP contribution is 2.27. The van der Waals surface area contributed by atoms with Gasteiger partial charge in [-0.15, -0.1) is 0 Å². The summed E-state index contributed by atoms with van der Waals surface area (Å²) in [5, 5.41) is 0.360. The summed E-state index contributed by atoms with van der Waals surface area (Å²) >= 11 is 11.9. The second-order valence-corrected chi connectivity index (χ2v) is 10.5. The van der Waals surface area contributed by atoms with E-state index >= 15 is 0 Å². The van der Waals surface area contributed by atoms with Gasteiger partial charge in [0, 0.05) is 48.5 Å². The van der Waals surface area contributed by atoms with Gasteiger partial charge in [0.1, 0.15) is 4.90 Å². The van der Waals surface area contributed by atoms with E-state index in [-0.39, 0.29) is 20.8 Å². The van der Waals surface area contributed by atoms with E-state index in [0.29, 0.717) is 17.3 Å². The molecule has 31 heavy (non-hydrogen) atoms. The molecule has 1 saturated heterocycles. The second-order valence-electron chi connectivity index (χ2n) is 8.02. The number of halogens is 2. The number of benzene rings is 2. The number of nitrogens with one attached hydrogen (secondary N) is 1. The van der Waals surface area contributed by atoms with E-state index in [1.807, 2.05) is 4.90 Å². The number of hydrogen-bond donors (Lipinski definition) is 1. The van der Waals surface area contributed by atoms with Gasteiger partial charge in [-0.3, -0.25) is 14.4 Å². The van der Waals surface area contributed by atoms with E-state index in [2.05, 4.69) is 9.62 Å². The molecule has 2 aromatic carbocycles. The molecule has 166 valence electrons. The number of hydrogen-bond acceptors (Lipinski definition) is 4. The maximum atomic E-state index is 12.9. The summed E-state index contributed by atoms with van der Waals surface area (Å²) in [5.41, 5.74) is 0.886. The van der Waals surface area contributed by atoms with Crippen LogP contribution in [0.3, 0.4) is 0 Å². The summed E-state index contributed by atoms with van der Waals surface area (Å²) in [6.07, 6.45) is 5.16. The van der Waals surface area contributed by atoms with Gasteiger partial charge >= 0.3 is 0 Å². The first-order valence-corrected chi connectivity index (χ1v) is 12.7. The van der Waals surface area contributed by atoms with Crippen molar-refractivity contribution in [3.05, 3.63) is 58.1 Å². The average molecular weight is 482 g/mol. The molecule has 0 atom stereocenters. The van der Waals surface area contributed by atoms with Crippen molar-refractivity contribution in [2.75, 3.05) is 30.9 Å². The van der Waals surface area contributed by atoms with Crippen LogP contribution in [0, 0.1) is 0 Å². The number of amides is 1. The Morgan fingerprint density at radius 2 is 1.58 bits per heavy atom. The molecule has 2 aromatic rings. The van der Waals surface area contributed by atoms with Crippen LogP contribution in [0.2, 0.25) is 10.0 Å². The van der Waals surface area contributed by atoms with Gasteiger partial charge in [0.2, 0.25) is 0 Å². The van der Waals surface area contributed by atoms with Gasteiger partial charge < -0.3 is 4.90 Å². The van der Waals surface area contributed by atoms with Crippen molar-refractivity contribution in [1.29, 1.82) is 0 Å². The first-order valence-electron chi connectivity index (χ1n) is 10.4. The highest BCUT2D eigenvalue weighted by atomic mass is 35.5. The van der Waals surface area contributed by atoms with Gasteiger partial charge in [-0.2, -0.15) is 0 Å². The van der Waals surface area contributed by atoms with Crippen molar-refractivity contribution in [2.24, 2.45) is 0 Å². The molecule has 1 aliphatic carbocycles. The number of rotatable bonds is 5. The van der Waals surface area contributed by atoms with Crippen LogP contribution >= 0.6 is 23.2 Å². The Labute approximate surface area is 193 Å². The predicted octanol–water partition coefficient (Wildman–Crippen LogP) is 4.49. The van der Waals surface area contributed by atoms with Gasteiger partial charge in [-0.05, 0) is 55.3 Å². The summed E-state index contributed by atoms with van der Waals surface area (Å²) in [4.78, 5) is 17.2. The standard InChI is InChI=1S/C22H25Cl2N3O3S/c23-17-7-10-20(24)21(15-17)31(29,30)25-18-8-5-16(6-9-18)22(28)27-13-11-26(12-14-27)19-3-1-2-4-19/h5-10,15,19,25H,1-4,11-14H2. The maximum absolute atomic E-state index is 12.9. The highest BCUT2D eigenvalue weighted by Gasteiger charge is 2.28. The largest absolute Gasteiger partial charge is 0.336 e. The molecular weight excluding hydrogens is 457 g/mol. The van der Waals surface area contributed by atoms with Gasteiger partial charge in [-0.1, -0.05) is 36.0 Å². The summed E-state index contributed by atoms with van der Waals surface area (Å²) in [7, 11) is -3.90. The molecular formula is C22H25Cl2N3O3S. The highest BCUT2D eigenvalue weighted by molar-refractivity contribution is 7.92. The number of nitrogens with zero attached hydrogens (tertiary/aromatic N) is 2. The smallest absolute Gasteiger partial charge is 0.263 e. The van der Waals surface area contributed by atoms with Crippen LogP contribution in [0.25, 0.3) is 0 Å². The lowest BCUT2D eigenvalue weighted by Crippen LogP contribution is -2.51. The summed E-state index contributed by atoms with van der Waals surface area (Å²) in [6, 6.07) is 11.4. The number of piperazine rings is 1. The molecule has 0 spiro atoms. The Kier molecular flexibility index (Phi) is 6.77. The molecule has 0 bridgehead atoms. The van der Waals surface area contributed by atoms with Crippen LogP contribution in [0.15, 0.2) is 47.4 Å². The molecule has 1 N–H and O–H groups in total. The van der Waals surface area contributed by atoms with E-state index in [1.165, 1.54) is 43.9 Å². The zero-order valence-electron chi connectivity index (χ0n) is 17.1. The predicted molar refractivity (Wildman–Crippen MR) is 123 cm³/mol. The first-order chi connectivity index (χ1) is 14.8. The van der Waals surface area contributed by atoms with Crippen LogP contribution in [0.5, 0.6) is 0 Å². The molecule has 9 heteroatoms. The van der Waals surface area contributed by atoms with Crippen molar-refractivity contribution in [3.63, 3.8) is 0 Å². The van der Waals surface area contributed by atoms with Gasteiger partial charge in [0.25, 0.3) is 15.9 Å². The Hall–Kier alpha value is -1.80. The number of anilines is 1. The molecule has 4 rings (SSSR count).